The van der Waals surface area contributed by atoms with E-state index in [0.717, 1.165) is 5.56 Å². The van der Waals surface area contributed by atoms with Crippen molar-refractivity contribution in [2.75, 3.05) is 7.11 Å². The molecule has 0 aliphatic rings. The molecule has 0 radical (unpaired) electrons. The van der Waals surface area contributed by atoms with Gasteiger partial charge in [0.15, 0.2) is 11.5 Å². The fraction of sp³-hybridized carbons (Fsp3) is 0.250. The molecule has 112 valence electrons. The minimum atomic E-state index is -0.467. The van der Waals surface area contributed by atoms with Crippen molar-refractivity contribution in [3.8, 4) is 11.5 Å². The first-order valence-electron chi connectivity index (χ1n) is 6.52. The lowest BCUT2D eigenvalue weighted by molar-refractivity contribution is 0.279. The first-order valence-corrected chi connectivity index (χ1v) is 6.90. The van der Waals surface area contributed by atoms with E-state index < -0.39 is 5.82 Å². The molecule has 2 rings (SSSR count). The Balaban J connectivity index is 2.18. The van der Waals surface area contributed by atoms with E-state index in [1.165, 1.54) is 6.07 Å². The average Bonchev–Trinajstić information content (AvgIpc) is 2.48. The molecule has 0 aliphatic heterocycles. The second-order valence-electron chi connectivity index (χ2n) is 4.70. The molecule has 1 unspecified atom stereocenters. The molecule has 1 atom stereocenters. The van der Waals surface area contributed by atoms with Crippen LogP contribution in [-0.2, 0) is 6.61 Å². The molecule has 0 saturated heterocycles. The topological polar surface area (TPSA) is 44.5 Å². The van der Waals surface area contributed by atoms with E-state index in [0.29, 0.717) is 17.1 Å². The summed E-state index contributed by atoms with van der Waals surface area (Å²) in [4.78, 5) is 0. The van der Waals surface area contributed by atoms with Crippen LogP contribution in [0.4, 0.5) is 4.39 Å². The van der Waals surface area contributed by atoms with Crippen molar-refractivity contribution in [1.29, 1.82) is 0 Å². The summed E-state index contributed by atoms with van der Waals surface area (Å²) in [5.41, 5.74) is 7.16. The molecule has 0 saturated carbocycles. The number of hydrogen-bond acceptors (Lipinski definition) is 3. The van der Waals surface area contributed by atoms with Gasteiger partial charge in [-0.3, -0.25) is 0 Å². The van der Waals surface area contributed by atoms with Gasteiger partial charge in [-0.05, 0) is 30.7 Å². The minimum Gasteiger partial charge on any atom is -0.493 e. The van der Waals surface area contributed by atoms with Gasteiger partial charge < -0.3 is 15.2 Å². The van der Waals surface area contributed by atoms with Crippen molar-refractivity contribution in [2.24, 2.45) is 5.73 Å². The van der Waals surface area contributed by atoms with E-state index in [1.807, 2.05) is 19.1 Å². The minimum absolute atomic E-state index is 0.0697. The molecular weight excluding hydrogens is 293 g/mol. The third-order valence-corrected chi connectivity index (χ3v) is 3.42. The van der Waals surface area contributed by atoms with E-state index in [9.17, 15) is 4.39 Å². The van der Waals surface area contributed by atoms with Crippen LogP contribution in [0.2, 0.25) is 5.02 Å². The van der Waals surface area contributed by atoms with Crippen molar-refractivity contribution in [2.45, 2.75) is 19.6 Å². The first kappa shape index (κ1) is 15.6. The molecule has 0 aromatic heterocycles. The zero-order valence-electron chi connectivity index (χ0n) is 11.9. The van der Waals surface area contributed by atoms with Gasteiger partial charge in [0, 0.05) is 11.6 Å². The monoisotopic (exact) mass is 309 g/mol. The van der Waals surface area contributed by atoms with Gasteiger partial charge in [0.1, 0.15) is 12.4 Å². The summed E-state index contributed by atoms with van der Waals surface area (Å²) < 4.78 is 24.7. The third kappa shape index (κ3) is 3.65. The van der Waals surface area contributed by atoms with Crippen LogP contribution in [0.25, 0.3) is 0 Å². The second-order valence-corrected chi connectivity index (χ2v) is 5.11. The standard InChI is InChI=1S/C16H17ClFNO2/c1-10(19)11-6-7-14(15(8-11)20-2)21-9-12-4-3-5-13(17)16(12)18/h3-8,10H,9,19H2,1-2H3. The highest BCUT2D eigenvalue weighted by molar-refractivity contribution is 6.30. The summed E-state index contributed by atoms with van der Waals surface area (Å²) >= 11 is 5.74. The van der Waals surface area contributed by atoms with Crippen LogP contribution in [0, 0.1) is 5.82 Å². The number of benzene rings is 2. The highest BCUT2D eigenvalue weighted by Crippen LogP contribution is 2.31. The summed E-state index contributed by atoms with van der Waals surface area (Å²) in [5.74, 6) is 0.624. The summed E-state index contributed by atoms with van der Waals surface area (Å²) in [6.07, 6.45) is 0. The maximum absolute atomic E-state index is 13.8. The largest absolute Gasteiger partial charge is 0.493 e. The molecule has 0 spiro atoms. The normalized spacial score (nSPS) is 12.0. The van der Waals surface area contributed by atoms with Crippen molar-refractivity contribution in [3.63, 3.8) is 0 Å². The summed E-state index contributed by atoms with van der Waals surface area (Å²) in [5, 5.41) is 0.0790. The van der Waals surface area contributed by atoms with Crippen molar-refractivity contribution < 1.29 is 13.9 Å². The maximum atomic E-state index is 13.8. The molecule has 5 heteroatoms. The number of hydrogen-bond donors (Lipinski definition) is 1. The van der Waals surface area contributed by atoms with Gasteiger partial charge in [-0.15, -0.1) is 0 Å². The zero-order valence-corrected chi connectivity index (χ0v) is 12.7. The first-order chi connectivity index (χ1) is 10.0. The summed E-state index contributed by atoms with van der Waals surface area (Å²) in [6, 6.07) is 10.1. The summed E-state index contributed by atoms with van der Waals surface area (Å²) in [7, 11) is 1.55. The van der Waals surface area contributed by atoms with Crippen LogP contribution in [-0.4, -0.2) is 7.11 Å². The quantitative estimate of drug-likeness (QED) is 0.905. The van der Waals surface area contributed by atoms with E-state index in [2.05, 4.69) is 0 Å². The predicted octanol–water partition coefficient (Wildman–Crippen LogP) is 4.09. The lowest BCUT2D eigenvalue weighted by Crippen LogP contribution is -2.06. The maximum Gasteiger partial charge on any atom is 0.161 e. The lowest BCUT2D eigenvalue weighted by Gasteiger charge is -2.14. The van der Waals surface area contributed by atoms with Crippen molar-refractivity contribution >= 4 is 11.6 Å². The highest BCUT2D eigenvalue weighted by atomic mass is 35.5. The fourth-order valence-corrected chi connectivity index (χ4v) is 2.10. The van der Waals surface area contributed by atoms with Gasteiger partial charge in [0.25, 0.3) is 0 Å². The van der Waals surface area contributed by atoms with Crippen molar-refractivity contribution in [3.05, 3.63) is 58.4 Å². The molecule has 21 heavy (non-hydrogen) atoms. The van der Waals surface area contributed by atoms with Gasteiger partial charge >= 0.3 is 0 Å². The average molecular weight is 310 g/mol. The Bertz CT molecular complexity index is 632. The SMILES string of the molecule is COc1cc(C(C)N)ccc1OCc1cccc(Cl)c1F. The van der Waals surface area contributed by atoms with Crippen LogP contribution in [0.1, 0.15) is 24.1 Å². The third-order valence-electron chi connectivity index (χ3n) is 3.13. The Morgan fingerprint density at radius 3 is 2.67 bits per heavy atom. The number of nitrogens with two attached hydrogens (primary N) is 1. The van der Waals surface area contributed by atoms with E-state index in [-0.39, 0.29) is 17.7 Å². The Kier molecular flexibility index (Phi) is 5.04. The Labute approximate surface area is 128 Å². The zero-order chi connectivity index (χ0) is 15.4. The van der Waals surface area contributed by atoms with Gasteiger partial charge in [-0.2, -0.15) is 0 Å². The molecule has 0 fully saturated rings. The molecule has 0 amide bonds. The Morgan fingerprint density at radius 1 is 1.24 bits per heavy atom. The number of rotatable bonds is 5. The van der Waals surface area contributed by atoms with Gasteiger partial charge in [0.05, 0.1) is 12.1 Å². The fourth-order valence-electron chi connectivity index (χ4n) is 1.90. The molecule has 2 aromatic carbocycles. The number of ether oxygens (including phenoxy) is 2. The predicted molar refractivity (Wildman–Crippen MR) is 81.3 cm³/mol. The van der Waals surface area contributed by atoms with Crippen LogP contribution >= 0.6 is 11.6 Å². The van der Waals surface area contributed by atoms with Crippen LogP contribution < -0.4 is 15.2 Å². The molecule has 2 N–H and O–H groups in total. The Morgan fingerprint density at radius 2 is 2.00 bits per heavy atom. The van der Waals surface area contributed by atoms with E-state index in [4.69, 9.17) is 26.8 Å². The highest BCUT2D eigenvalue weighted by Gasteiger charge is 2.11. The molecule has 0 bridgehead atoms. The van der Waals surface area contributed by atoms with Gasteiger partial charge in [-0.1, -0.05) is 29.8 Å². The molecular formula is C16H17ClFNO2. The molecule has 2 aromatic rings. The summed E-state index contributed by atoms with van der Waals surface area (Å²) in [6.45, 7) is 1.96. The Hall–Kier alpha value is -1.78. The van der Waals surface area contributed by atoms with E-state index in [1.54, 1.807) is 25.3 Å². The van der Waals surface area contributed by atoms with Crippen LogP contribution in [0.5, 0.6) is 11.5 Å². The second kappa shape index (κ2) is 6.78. The van der Waals surface area contributed by atoms with Gasteiger partial charge in [0.2, 0.25) is 0 Å². The van der Waals surface area contributed by atoms with Crippen LogP contribution in [0.15, 0.2) is 36.4 Å². The molecule has 3 nitrogen and oxygen atoms in total. The van der Waals surface area contributed by atoms with Gasteiger partial charge in [-0.25, -0.2) is 4.39 Å². The smallest absolute Gasteiger partial charge is 0.161 e. The number of methoxy groups -OCH3 is 1. The molecule has 0 aliphatic carbocycles. The van der Waals surface area contributed by atoms with Crippen molar-refractivity contribution in [1.82, 2.24) is 0 Å². The molecule has 0 heterocycles. The lowest BCUT2D eigenvalue weighted by atomic mass is 10.1. The van der Waals surface area contributed by atoms with E-state index >= 15 is 0 Å². The number of halogens is 2. The van der Waals surface area contributed by atoms with Crippen LogP contribution in [0.3, 0.4) is 0 Å².